The van der Waals surface area contributed by atoms with Crippen molar-refractivity contribution in [2.75, 3.05) is 5.32 Å². The Bertz CT molecular complexity index is 1080. The highest BCUT2D eigenvalue weighted by molar-refractivity contribution is 5.93. The molecule has 1 heterocycles. The van der Waals surface area contributed by atoms with Crippen molar-refractivity contribution in [1.82, 2.24) is 9.97 Å². The van der Waals surface area contributed by atoms with E-state index in [0.29, 0.717) is 0 Å². The van der Waals surface area contributed by atoms with Crippen LogP contribution in [0.15, 0.2) is 79.1 Å². The Hall–Kier alpha value is -3.64. The second kappa shape index (κ2) is 6.46. The number of rotatable bonds is 3. The predicted octanol–water partition coefficient (Wildman–Crippen LogP) is 5.02. The van der Waals surface area contributed by atoms with Crippen LogP contribution >= 0.6 is 0 Å². The summed E-state index contributed by atoms with van der Waals surface area (Å²) in [5.74, 6) is 3.41. The van der Waals surface area contributed by atoms with Crippen LogP contribution < -0.4 is 5.32 Å². The summed E-state index contributed by atoms with van der Waals surface area (Å²) in [5, 5.41) is 4.32. The monoisotopic (exact) mass is 321 g/mol. The lowest BCUT2D eigenvalue weighted by molar-refractivity contribution is 1.22. The van der Waals surface area contributed by atoms with Gasteiger partial charge in [0.1, 0.15) is 12.1 Å². The molecule has 1 N–H and O–H groups in total. The van der Waals surface area contributed by atoms with Crippen LogP contribution in [0.3, 0.4) is 0 Å². The average molecular weight is 321 g/mol. The van der Waals surface area contributed by atoms with Gasteiger partial charge in [-0.1, -0.05) is 48.4 Å². The molecular weight excluding hydrogens is 306 g/mol. The topological polar surface area (TPSA) is 37.8 Å². The van der Waals surface area contributed by atoms with Crippen LogP contribution in [-0.4, -0.2) is 9.97 Å². The fourth-order valence-corrected chi connectivity index (χ4v) is 2.79. The minimum atomic E-state index is 0.761. The molecule has 0 unspecified atom stereocenters. The van der Waals surface area contributed by atoms with Gasteiger partial charge in [0, 0.05) is 16.6 Å². The lowest BCUT2D eigenvalue weighted by Gasteiger charge is -2.10. The Balaban J connectivity index is 1.79. The molecule has 0 spiro atoms. The molecule has 0 aliphatic carbocycles. The number of fused-ring (bicyclic) bond motifs is 1. The van der Waals surface area contributed by atoms with Gasteiger partial charge in [-0.2, -0.15) is 0 Å². The summed E-state index contributed by atoms with van der Waals surface area (Å²) in [5.41, 5.74) is 4.91. The van der Waals surface area contributed by atoms with Crippen LogP contribution in [0.4, 0.5) is 11.5 Å². The standard InChI is InChI=1S/C22H15N3/c1-2-16-7-6-10-19(13-16)25-22-20-14-18(17-8-4-3-5-9-17)11-12-21(20)23-15-24-22/h1,3-15H,(H,23,24,25). The van der Waals surface area contributed by atoms with Crippen LogP contribution in [0.1, 0.15) is 5.56 Å². The number of anilines is 2. The summed E-state index contributed by atoms with van der Waals surface area (Å²) < 4.78 is 0. The number of terminal acetylenes is 1. The van der Waals surface area contributed by atoms with E-state index in [9.17, 15) is 0 Å². The summed E-state index contributed by atoms with van der Waals surface area (Å²) in [6, 6.07) is 24.2. The lowest BCUT2D eigenvalue weighted by atomic mass is 10.0. The van der Waals surface area contributed by atoms with Gasteiger partial charge in [0.15, 0.2) is 0 Å². The van der Waals surface area contributed by atoms with Gasteiger partial charge >= 0.3 is 0 Å². The Labute approximate surface area is 146 Å². The highest BCUT2D eigenvalue weighted by Crippen LogP contribution is 2.28. The molecule has 3 nitrogen and oxygen atoms in total. The Kier molecular flexibility index (Phi) is 3.86. The van der Waals surface area contributed by atoms with Gasteiger partial charge in [-0.05, 0) is 41.5 Å². The molecule has 118 valence electrons. The number of aromatic nitrogens is 2. The van der Waals surface area contributed by atoms with Crippen molar-refractivity contribution < 1.29 is 0 Å². The van der Waals surface area contributed by atoms with Crippen molar-refractivity contribution in [1.29, 1.82) is 0 Å². The molecule has 0 atom stereocenters. The van der Waals surface area contributed by atoms with E-state index < -0.39 is 0 Å². The molecule has 4 aromatic rings. The first-order valence-corrected chi connectivity index (χ1v) is 7.97. The van der Waals surface area contributed by atoms with Gasteiger partial charge in [0.05, 0.1) is 5.52 Å². The quantitative estimate of drug-likeness (QED) is 0.538. The Morgan fingerprint density at radius 1 is 0.800 bits per heavy atom. The smallest absolute Gasteiger partial charge is 0.141 e. The average Bonchev–Trinajstić information content (AvgIpc) is 2.69. The largest absolute Gasteiger partial charge is 0.340 e. The van der Waals surface area contributed by atoms with E-state index in [2.05, 4.69) is 45.5 Å². The predicted molar refractivity (Wildman–Crippen MR) is 103 cm³/mol. The first-order valence-electron chi connectivity index (χ1n) is 7.97. The zero-order chi connectivity index (χ0) is 17.1. The van der Waals surface area contributed by atoms with Crippen LogP contribution in [-0.2, 0) is 0 Å². The molecule has 0 saturated carbocycles. The lowest BCUT2D eigenvalue weighted by Crippen LogP contribution is -1.96. The Morgan fingerprint density at radius 3 is 2.52 bits per heavy atom. The summed E-state index contributed by atoms with van der Waals surface area (Å²) in [4.78, 5) is 8.79. The summed E-state index contributed by atoms with van der Waals surface area (Å²) in [7, 11) is 0. The normalized spacial score (nSPS) is 10.4. The van der Waals surface area contributed by atoms with Crippen molar-refractivity contribution in [3.63, 3.8) is 0 Å². The van der Waals surface area contributed by atoms with Crippen molar-refractivity contribution in [2.45, 2.75) is 0 Å². The number of nitrogens with one attached hydrogen (secondary N) is 1. The van der Waals surface area contributed by atoms with E-state index in [-0.39, 0.29) is 0 Å². The fourth-order valence-electron chi connectivity index (χ4n) is 2.79. The Morgan fingerprint density at radius 2 is 1.68 bits per heavy atom. The molecule has 3 heteroatoms. The molecule has 0 fully saturated rings. The van der Waals surface area contributed by atoms with Crippen LogP contribution in [0.5, 0.6) is 0 Å². The molecule has 25 heavy (non-hydrogen) atoms. The maximum Gasteiger partial charge on any atom is 0.141 e. The van der Waals surface area contributed by atoms with Crippen molar-refractivity contribution >= 4 is 22.4 Å². The third-order valence-corrected chi connectivity index (χ3v) is 4.03. The number of hydrogen-bond acceptors (Lipinski definition) is 3. The molecule has 0 saturated heterocycles. The van der Waals surface area contributed by atoms with Crippen LogP contribution in [0.25, 0.3) is 22.0 Å². The van der Waals surface area contributed by atoms with Gasteiger partial charge in [0.2, 0.25) is 0 Å². The highest BCUT2D eigenvalue weighted by Gasteiger charge is 2.07. The maximum absolute atomic E-state index is 5.48. The molecule has 0 bridgehead atoms. The van der Waals surface area contributed by atoms with Crippen molar-refractivity contribution in [3.8, 4) is 23.5 Å². The first-order chi connectivity index (χ1) is 12.3. The molecule has 0 amide bonds. The number of hydrogen-bond donors (Lipinski definition) is 1. The third kappa shape index (κ3) is 3.06. The molecule has 1 aromatic heterocycles. The van der Waals surface area contributed by atoms with E-state index in [1.54, 1.807) is 6.33 Å². The zero-order valence-electron chi connectivity index (χ0n) is 13.5. The number of benzene rings is 3. The minimum absolute atomic E-state index is 0.761. The van der Waals surface area contributed by atoms with Gasteiger partial charge in [-0.15, -0.1) is 6.42 Å². The summed E-state index contributed by atoms with van der Waals surface area (Å²) in [6.45, 7) is 0. The minimum Gasteiger partial charge on any atom is -0.340 e. The highest BCUT2D eigenvalue weighted by atomic mass is 15.0. The molecule has 0 aliphatic rings. The van der Waals surface area contributed by atoms with E-state index in [1.807, 2.05) is 48.5 Å². The van der Waals surface area contributed by atoms with Crippen molar-refractivity contribution in [2.24, 2.45) is 0 Å². The van der Waals surface area contributed by atoms with E-state index in [1.165, 1.54) is 0 Å². The molecule has 0 radical (unpaired) electrons. The molecule has 4 rings (SSSR count). The zero-order valence-corrected chi connectivity index (χ0v) is 13.5. The van der Waals surface area contributed by atoms with E-state index in [4.69, 9.17) is 6.42 Å². The first kappa shape index (κ1) is 14.9. The maximum atomic E-state index is 5.48. The van der Waals surface area contributed by atoms with E-state index >= 15 is 0 Å². The van der Waals surface area contributed by atoms with Crippen LogP contribution in [0.2, 0.25) is 0 Å². The van der Waals surface area contributed by atoms with Gasteiger partial charge < -0.3 is 5.32 Å². The third-order valence-electron chi connectivity index (χ3n) is 4.03. The van der Waals surface area contributed by atoms with Gasteiger partial charge in [-0.25, -0.2) is 9.97 Å². The van der Waals surface area contributed by atoms with Gasteiger partial charge in [0.25, 0.3) is 0 Å². The van der Waals surface area contributed by atoms with Crippen molar-refractivity contribution in [3.05, 3.63) is 84.7 Å². The second-order valence-corrected chi connectivity index (χ2v) is 5.67. The molecular formula is C22H15N3. The van der Waals surface area contributed by atoms with E-state index in [0.717, 1.165) is 39.1 Å². The SMILES string of the molecule is C#Cc1cccc(Nc2ncnc3ccc(-c4ccccc4)cc23)c1. The fraction of sp³-hybridized carbons (Fsp3) is 0. The second-order valence-electron chi connectivity index (χ2n) is 5.67. The molecule has 0 aliphatic heterocycles. The summed E-state index contributed by atoms with van der Waals surface area (Å²) >= 11 is 0. The van der Waals surface area contributed by atoms with Crippen LogP contribution in [0, 0.1) is 12.3 Å². The summed E-state index contributed by atoms with van der Waals surface area (Å²) in [6.07, 6.45) is 7.05. The van der Waals surface area contributed by atoms with Gasteiger partial charge in [-0.3, -0.25) is 0 Å². The number of nitrogens with zero attached hydrogens (tertiary/aromatic N) is 2. The molecule has 3 aromatic carbocycles.